The molecule has 2 aromatic rings. The van der Waals surface area contributed by atoms with E-state index in [1.54, 1.807) is 19.2 Å². The highest BCUT2D eigenvalue weighted by atomic mass is 16.5. The maximum atomic E-state index is 13.0. The van der Waals surface area contributed by atoms with E-state index >= 15 is 0 Å². The quantitative estimate of drug-likeness (QED) is 0.679. The van der Waals surface area contributed by atoms with E-state index < -0.39 is 0 Å². The Kier molecular flexibility index (Phi) is 7.45. The normalized spacial score (nSPS) is 26.8. The molecule has 32 heavy (non-hydrogen) atoms. The van der Waals surface area contributed by atoms with Crippen LogP contribution in [0.1, 0.15) is 41.6 Å². The average molecular weight is 439 g/mol. The number of nitrogens with one attached hydrogen (secondary N) is 1. The van der Waals surface area contributed by atoms with Gasteiger partial charge in [0.25, 0.3) is 5.91 Å². The summed E-state index contributed by atoms with van der Waals surface area (Å²) in [6.45, 7) is 3.70. The fourth-order valence-electron chi connectivity index (χ4n) is 5.23. The Labute approximate surface area is 190 Å². The molecule has 1 amide bonds. The second-order valence-electron chi connectivity index (χ2n) is 8.89. The fraction of sp³-hybridized carbons (Fsp3) is 0.500. The third-order valence-electron chi connectivity index (χ3n) is 7.12. The van der Waals surface area contributed by atoms with Gasteiger partial charge in [0, 0.05) is 31.1 Å². The number of para-hydroxylation sites is 1. The van der Waals surface area contributed by atoms with Crippen molar-refractivity contribution in [3.8, 4) is 5.75 Å². The number of carbonyl (C=O) groups is 1. The summed E-state index contributed by atoms with van der Waals surface area (Å²) in [6.07, 6.45) is 2.96. The first-order valence-electron chi connectivity index (χ1n) is 11.6. The minimum atomic E-state index is -0.372. The van der Waals surface area contributed by atoms with Gasteiger partial charge in [0.2, 0.25) is 0 Å². The molecular weight excluding hydrogens is 404 g/mol. The van der Waals surface area contributed by atoms with Gasteiger partial charge in [0.15, 0.2) is 0 Å². The first-order chi connectivity index (χ1) is 15.6. The molecule has 6 heteroatoms. The standard InChI is InChI=1S/C26H34N2O4/c1-31-24-10-6-5-9-21(24)25(30)27-19-26(20-7-3-2-4-8-20)13-11-22(23(29)12-14-26)28-15-17-32-18-16-28/h2-10,22-23,29H,11-19H2,1H3,(H,27,30)/t22-,23-,26+/m0/s1. The third-order valence-corrected chi connectivity index (χ3v) is 7.12. The molecule has 1 saturated heterocycles. The van der Waals surface area contributed by atoms with Gasteiger partial charge in [0.1, 0.15) is 5.75 Å². The van der Waals surface area contributed by atoms with E-state index in [0.717, 1.165) is 45.6 Å². The van der Waals surface area contributed by atoms with Crippen LogP contribution in [0.3, 0.4) is 0 Å². The number of amides is 1. The Morgan fingerprint density at radius 2 is 1.78 bits per heavy atom. The highest BCUT2D eigenvalue weighted by Gasteiger charge is 2.40. The van der Waals surface area contributed by atoms with Crippen LogP contribution in [0, 0.1) is 0 Å². The number of nitrogens with zero attached hydrogens (tertiary/aromatic N) is 1. The molecule has 2 aliphatic rings. The van der Waals surface area contributed by atoms with Gasteiger partial charge in [-0.3, -0.25) is 9.69 Å². The number of rotatable bonds is 6. The number of aliphatic hydroxyl groups excluding tert-OH is 1. The van der Waals surface area contributed by atoms with Crippen LogP contribution in [0.4, 0.5) is 0 Å². The number of aliphatic hydroxyl groups is 1. The lowest BCUT2D eigenvalue weighted by molar-refractivity contribution is -0.0236. The van der Waals surface area contributed by atoms with Gasteiger partial charge < -0.3 is 19.9 Å². The molecule has 0 bridgehead atoms. The van der Waals surface area contributed by atoms with Crippen molar-refractivity contribution < 1.29 is 19.4 Å². The summed E-state index contributed by atoms with van der Waals surface area (Å²) in [4.78, 5) is 15.4. The fourth-order valence-corrected chi connectivity index (χ4v) is 5.23. The van der Waals surface area contributed by atoms with Crippen LogP contribution in [0.15, 0.2) is 54.6 Å². The monoisotopic (exact) mass is 438 g/mol. The second kappa shape index (κ2) is 10.5. The SMILES string of the molecule is COc1ccccc1C(=O)NC[C@]1(c2ccccc2)CC[C@H](O)[C@@H](N2CCOCC2)CC1. The molecule has 4 rings (SSSR count). The molecule has 172 valence electrons. The molecule has 1 aliphatic heterocycles. The smallest absolute Gasteiger partial charge is 0.255 e. The molecule has 6 nitrogen and oxygen atoms in total. The molecule has 2 aromatic carbocycles. The lowest BCUT2D eigenvalue weighted by atomic mass is 9.74. The maximum absolute atomic E-state index is 13.0. The summed E-state index contributed by atoms with van der Waals surface area (Å²) in [5, 5.41) is 14.2. The Bertz CT molecular complexity index is 884. The van der Waals surface area contributed by atoms with E-state index in [-0.39, 0.29) is 23.5 Å². The topological polar surface area (TPSA) is 71.0 Å². The van der Waals surface area contributed by atoms with Gasteiger partial charge in [-0.15, -0.1) is 0 Å². The van der Waals surface area contributed by atoms with Crippen molar-refractivity contribution in [2.45, 2.75) is 43.2 Å². The first kappa shape index (κ1) is 22.8. The van der Waals surface area contributed by atoms with Crippen molar-refractivity contribution in [1.29, 1.82) is 0 Å². The zero-order chi connectivity index (χ0) is 22.4. The lowest BCUT2D eigenvalue weighted by Gasteiger charge is -2.37. The van der Waals surface area contributed by atoms with Gasteiger partial charge in [0.05, 0.1) is 32.0 Å². The van der Waals surface area contributed by atoms with Crippen molar-refractivity contribution in [1.82, 2.24) is 10.2 Å². The van der Waals surface area contributed by atoms with Gasteiger partial charge in [-0.2, -0.15) is 0 Å². The highest BCUT2D eigenvalue weighted by Crippen LogP contribution is 2.39. The van der Waals surface area contributed by atoms with E-state index in [1.165, 1.54) is 5.56 Å². The predicted octanol–water partition coefficient (Wildman–Crippen LogP) is 3.00. The Hall–Kier alpha value is -2.41. The number of hydrogen-bond donors (Lipinski definition) is 2. The molecule has 3 atom stereocenters. The second-order valence-corrected chi connectivity index (χ2v) is 8.89. The molecule has 1 saturated carbocycles. The summed E-state index contributed by atoms with van der Waals surface area (Å²) in [6, 6.07) is 17.9. The van der Waals surface area contributed by atoms with Crippen LogP contribution >= 0.6 is 0 Å². The first-order valence-corrected chi connectivity index (χ1v) is 11.6. The van der Waals surface area contributed by atoms with Crippen molar-refractivity contribution in [3.05, 3.63) is 65.7 Å². The molecular formula is C26H34N2O4. The Morgan fingerprint density at radius 1 is 1.09 bits per heavy atom. The van der Waals surface area contributed by atoms with Gasteiger partial charge >= 0.3 is 0 Å². The van der Waals surface area contributed by atoms with Gasteiger partial charge in [-0.1, -0.05) is 42.5 Å². The minimum absolute atomic E-state index is 0.132. The number of benzene rings is 2. The van der Waals surface area contributed by atoms with Gasteiger partial charge in [-0.25, -0.2) is 0 Å². The maximum Gasteiger partial charge on any atom is 0.255 e. The molecule has 0 unspecified atom stereocenters. The van der Waals surface area contributed by atoms with Crippen LogP contribution in [0.5, 0.6) is 5.75 Å². The Morgan fingerprint density at radius 3 is 2.53 bits per heavy atom. The lowest BCUT2D eigenvalue weighted by Crippen LogP contribution is -2.48. The van der Waals surface area contributed by atoms with E-state index in [2.05, 4.69) is 34.5 Å². The van der Waals surface area contributed by atoms with Crippen LogP contribution < -0.4 is 10.1 Å². The van der Waals surface area contributed by atoms with Crippen LogP contribution in [0.2, 0.25) is 0 Å². The van der Waals surface area contributed by atoms with E-state index in [0.29, 0.717) is 24.3 Å². The minimum Gasteiger partial charge on any atom is -0.496 e. The van der Waals surface area contributed by atoms with Crippen molar-refractivity contribution in [2.75, 3.05) is 40.0 Å². The number of hydrogen-bond acceptors (Lipinski definition) is 5. The summed E-state index contributed by atoms with van der Waals surface area (Å²) >= 11 is 0. The number of morpholine rings is 1. The molecule has 0 spiro atoms. The summed E-state index contributed by atoms with van der Waals surface area (Å²) in [5.41, 5.74) is 1.54. The molecule has 1 heterocycles. The molecule has 2 N–H and O–H groups in total. The van der Waals surface area contributed by atoms with Crippen LogP contribution in [0.25, 0.3) is 0 Å². The molecule has 0 aromatic heterocycles. The molecule has 2 fully saturated rings. The highest BCUT2D eigenvalue weighted by molar-refractivity contribution is 5.96. The van der Waals surface area contributed by atoms with Crippen LogP contribution in [-0.2, 0) is 10.2 Å². The zero-order valence-electron chi connectivity index (χ0n) is 18.8. The predicted molar refractivity (Wildman–Crippen MR) is 124 cm³/mol. The zero-order valence-corrected chi connectivity index (χ0v) is 18.8. The average Bonchev–Trinajstić information content (AvgIpc) is 3.03. The van der Waals surface area contributed by atoms with Crippen molar-refractivity contribution >= 4 is 5.91 Å². The largest absolute Gasteiger partial charge is 0.496 e. The number of carbonyl (C=O) groups excluding carboxylic acids is 1. The molecule has 0 radical (unpaired) electrons. The number of ether oxygens (including phenoxy) is 2. The van der Waals surface area contributed by atoms with E-state index in [9.17, 15) is 9.90 Å². The summed E-state index contributed by atoms with van der Waals surface area (Å²) in [5.74, 6) is 0.440. The van der Waals surface area contributed by atoms with E-state index in [1.807, 2.05) is 18.2 Å². The van der Waals surface area contributed by atoms with Gasteiger partial charge in [-0.05, 0) is 43.4 Å². The van der Waals surface area contributed by atoms with E-state index in [4.69, 9.17) is 9.47 Å². The summed E-state index contributed by atoms with van der Waals surface area (Å²) in [7, 11) is 1.58. The van der Waals surface area contributed by atoms with Crippen LogP contribution in [-0.4, -0.2) is 68.0 Å². The summed E-state index contributed by atoms with van der Waals surface area (Å²) < 4.78 is 10.9. The van der Waals surface area contributed by atoms with Crippen molar-refractivity contribution in [3.63, 3.8) is 0 Å². The number of methoxy groups -OCH3 is 1. The molecule has 1 aliphatic carbocycles. The Balaban J connectivity index is 1.54. The third kappa shape index (κ3) is 4.98. The van der Waals surface area contributed by atoms with Crippen molar-refractivity contribution in [2.24, 2.45) is 0 Å².